The van der Waals surface area contributed by atoms with E-state index in [-0.39, 0.29) is 33.8 Å². The van der Waals surface area contributed by atoms with Gasteiger partial charge in [0.25, 0.3) is 5.69 Å². The molecule has 0 aliphatic rings. The summed E-state index contributed by atoms with van der Waals surface area (Å²) in [4.78, 5) is 21.1. The maximum atomic E-state index is 10.9. The second-order valence-electron chi connectivity index (χ2n) is 4.29. The molecule has 1 atom stereocenters. The predicted octanol–water partition coefficient (Wildman–Crippen LogP) is 3.81. The fraction of sp³-hybridized carbons (Fsp3) is 0.417. The van der Waals surface area contributed by atoms with E-state index < -0.39 is 10.9 Å². The molecule has 0 aliphatic heterocycles. The largest absolute Gasteiger partial charge is 0.481 e. The second kappa shape index (κ2) is 7.31. The highest BCUT2D eigenvalue weighted by Crippen LogP contribution is 2.34. The van der Waals surface area contributed by atoms with Crippen molar-refractivity contribution in [2.75, 3.05) is 11.9 Å². The Hall–Kier alpha value is -1.53. The number of aliphatic carboxylic acids is 1. The van der Waals surface area contributed by atoms with Crippen molar-refractivity contribution in [2.45, 2.75) is 19.8 Å². The Morgan fingerprint density at radius 3 is 2.55 bits per heavy atom. The number of nitrogens with one attached hydrogen (secondary N) is 1. The summed E-state index contributed by atoms with van der Waals surface area (Å²) in [6, 6.07) is 2.54. The lowest BCUT2D eigenvalue weighted by atomic mass is 10.0. The molecule has 1 unspecified atom stereocenters. The summed E-state index contributed by atoms with van der Waals surface area (Å²) in [7, 11) is 0. The maximum absolute atomic E-state index is 10.9. The number of halogens is 2. The Bertz CT molecular complexity index is 522. The van der Waals surface area contributed by atoms with Crippen molar-refractivity contribution in [1.29, 1.82) is 0 Å². The van der Waals surface area contributed by atoms with Gasteiger partial charge in [0, 0.05) is 19.0 Å². The number of hydrogen-bond donors (Lipinski definition) is 2. The minimum atomic E-state index is -0.901. The Balaban J connectivity index is 2.88. The van der Waals surface area contributed by atoms with Crippen molar-refractivity contribution < 1.29 is 14.8 Å². The van der Waals surface area contributed by atoms with Gasteiger partial charge in [0.1, 0.15) is 5.69 Å². The van der Waals surface area contributed by atoms with Crippen LogP contribution in [0.25, 0.3) is 0 Å². The molecule has 8 heteroatoms. The zero-order chi connectivity index (χ0) is 15.3. The van der Waals surface area contributed by atoms with Gasteiger partial charge in [0.15, 0.2) is 0 Å². The molecule has 0 saturated heterocycles. The van der Waals surface area contributed by atoms with Gasteiger partial charge in [0.05, 0.1) is 15.0 Å². The first kappa shape index (κ1) is 16.5. The van der Waals surface area contributed by atoms with Crippen LogP contribution in [0.2, 0.25) is 10.0 Å². The van der Waals surface area contributed by atoms with Gasteiger partial charge < -0.3 is 10.4 Å². The highest BCUT2D eigenvalue weighted by atomic mass is 35.5. The molecule has 0 spiro atoms. The third-order valence-electron chi connectivity index (χ3n) is 2.86. The fourth-order valence-corrected chi connectivity index (χ4v) is 2.01. The molecule has 0 saturated carbocycles. The van der Waals surface area contributed by atoms with Gasteiger partial charge in [-0.3, -0.25) is 14.9 Å². The molecule has 0 bridgehead atoms. The van der Waals surface area contributed by atoms with E-state index in [0.29, 0.717) is 13.0 Å². The second-order valence-corrected chi connectivity index (χ2v) is 5.11. The van der Waals surface area contributed by atoms with Gasteiger partial charge in [-0.15, -0.1) is 0 Å². The van der Waals surface area contributed by atoms with Crippen LogP contribution in [0.3, 0.4) is 0 Å². The quantitative estimate of drug-likeness (QED) is 0.588. The molecule has 1 rings (SSSR count). The number of carboxylic acids is 1. The summed E-state index contributed by atoms with van der Waals surface area (Å²) in [5, 5.41) is 22.9. The number of carbonyl (C=O) groups is 1. The number of hydrogen-bond acceptors (Lipinski definition) is 4. The van der Waals surface area contributed by atoms with Crippen LogP contribution in [-0.2, 0) is 4.79 Å². The lowest BCUT2D eigenvalue weighted by molar-refractivity contribution is -0.383. The van der Waals surface area contributed by atoms with Crippen molar-refractivity contribution in [3.8, 4) is 0 Å². The Morgan fingerprint density at radius 2 is 2.05 bits per heavy atom. The smallest absolute Gasteiger partial charge is 0.303 e. The molecule has 0 radical (unpaired) electrons. The maximum Gasteiger partial charge on any atom is 0.303 e. The summed E-state index contributed by atoms with van der Waals surface area (Å²) in [5.74, 6) is -1.02. The van der Waals surface area contributed by atoms with Crippen LogP contribution < -0.4 is 5.32 Å². The van der Waals surface area contributed by atoms with Gasteiger partial charge in [0.2, 0.25) is 0 Å². The molecule has 0 fully saturated rings. The number of rotatable bonds is 7. The normalized spacial score (nSPS) is 11.9. The highest BCUT2D eigenvalue weighted by Gasteiger charge is 2.18. The van der Waals surface area contributed by atoms with Gasteiger partial charge in [-0.25, -0.2) is 0 Å². The molecule has 0 amide bonds. The lowest BCUT2D eigenvalue weighted by Gasteiger charge is -2.15. The zero-order valence-corrected chi connectivity index (χ0v) is 12.2. The third-order valence-corrected chi connectivity index (χ3v) is 3.58. The van der Waals surface area contributed by atoms with Crippen molar-refractivity contribution in [1.82, 2.24) is 0 Å². The van der Waals surface area contributed by atoms with Gasteiger partial charge in [-0.05, 0) is 12.0 Å². The third kappa shape index (κ3) is 4.54. The average molecular weight is 321 g/mol. The van der Waals surface area contributed by atoms with Crippen LogP contribution in [0.5, 0.6) is 0 Å². The van der Waals surface area contributed by atoms with E-state index in [1.54, 1.807) is 0 Å². The summed E-state index contributed by atoms with van der Waals surface area (Å²) in [6.07, 6.45) is 0.646. The SMILES string of the molecule is CCC(CNc1cc(Cl)c(Cl)cc1[N+](=O)[O-])CC(=O)O. The van der Waals surface area contributed by atoms with Crippen LogP contribution in [0.4, 0.5) is 11.4 Å². The number of nitro groups is 1. The minimum absolute atomic E-state index is 0.00137. The molecule has 2 N–H and O–H groups in total. The number of anilines is 1. The highest BCUT2D eigenvalue weighted by molar-refractivity contribution is 6.42. The Morgan fingerprint density at radius 1 is 1.45 bits per heavy atom. The molecular weight excluding hydrogens is 307 g/mol. The van der Waals surface area contributed by atoms with E-state index in [9.17, 15) is 14.9 Å². The molecule has 6 nitrogen and oxygen atoms in total. The van der Waals surface area contributed by atoms with Crippen molar-refractivity contribution in [3.05, 3.63) is 32.3 Å². The fourth-order valence-electron chi connectivity index (χ4n) is 1.69. The monoisotopic (exact) mass is 320 g/mol. The van der Waals surface area contributed by atoms with Crippen LogP contribution in [0, 0.1) is 16.0 Å². The van der Waals surface area contributed by atoms with E-state index in [1.165, 1.54) is 12.1 Å². The van der Waals surface area contributed by atoms with Crippen LogP contribution in [0.15, 0.2) is 12.1 Å². The van der Waals surface area contributed by atoms with E-state index in [0.717, 1.165) is 0 Å². The molecule has 1 aromatic rings. The van der Waals surface area contributed by atoms with E-state index in [1.807, 2.05) is 6.92 Å². The lowest BCUT2D eigenvalue weighted by Crippen LogP contribution is -2.17. The first-order valence-electron chi connectivity index (χ1n) is 5.94. The number of carboxylic acid groups (broad SMARTS) is 1. The average Bonchev–Trinajstić information content (AvgIpc) is 2.37. The zero-order valence-electron chi connectivity index (χ0n) is 10.7. The van der Waals surface area contributed by atoms with Crippen molar-refractivity contribution in [3.63, 3.8) is 0 Å². The van der Waals surface area contributed by atoms with Crippen molar-refractivity contribution in [2.24, 2.45) is 5.92 Å². The summed E-state index contributed by atoms with van der Waals surface area (Å²) in [6.45, 7) is 2.17. The van der Waals surface area contributed by atoms with Gasteiger partial charge in [-0.1, -0.05) is 36.5 Å². The molecule has 0 aliphatic carbocycles. The topological polar surface area (TPSA) is 92.5 Å². The standard InChI is InChI=1S/C12H14Cl2N2O4/c1-2-7(3-12(17)18)6-15-10-4-8(13)9(14)5-11(10)16(19)20/h4-5,7,15H,2-3,6H2,1H3,(H,17,18). The van der Waals surface area contributed by atoms with Gasteiger partial charge in [-0.2, -0.15) is 0 Å². The molecule has 110 valence electrons. The van der Waals surface area contributed by atoms with Crippen LogP contribution in [0.1, 0.15) is 19.8 Å². The number of nitrogens with zero attached hydrogens (tertiary/aromatic N) is 1. The van der Waals surface area contributed by atoms with Crippen molar-refractivity contribution >= 4 is 40.5 Å². The van der Waals surface area contributed by atoms with E-state index >= 15 is 0 Å². The van der Waals surface area contributed by atoms with E-state index in [2.05, 4.69) is 5.32 Å². The van der Waals surface area contributed by atoms with Crippen LogP contribution >= 0.6 is 23.2 Å². The van der Waals surface area contributed by atoms with E-state index in [4.69, 9.17) is 28.3 Å². The predicted molar refractivity (Wildman–Crippen MR) is 77.6 cm³/mol. The summed E-state index contributed by atoms with van der Waals surface area (Å²) >= 11 is 11.6. The molecule has 20 heavy (non-hydrogen) atoms. The molecule has 1 aromatic carbocycles. The Labute approximate surface area is 125 Å². The first-order chi connectivity index (χ1) is 9.35. The number of benzene rings is 1. The Kier molecular flexibility index (Phi) is 6.04. The molecular formula is C12H14Cl2N2O4. The summed E-state index contributed by atoms with van der Waals surface area (Å²) < 4.78 is 0. The summed E-state index contributed by atoms with van der Waals surface area (Å²) in [5.41, 5.74) is 0.0396. The first-order valence-corrected chi connectivity index (χ1v) is 6.69. The molecule has 0 heterocycles. The molecule has 0 aromatic heterocycles. The van der Waals surface area contributed by atoms with Crippen LogP contribution in [-0.4, -0.2) is 22.5 Å². The van der Waals surface area contributed by atoms with Gasteiger partial charge >= 0.3 is 5.97 Å². The minimum Gasteiger partial charge on any atom is -0.481 e. The number of nitro benzene ring substituents is 1.